The molecular formula is C13H19N5O2. The zero-order valence-electron chi connectivity index (χ0n) is 11.5. The predicted octanol–water partition coefficient (Wildman–Crippen LogP) is 0.773. The normalized spacial score (nSPS) is 21.4. The SMILES string of the molecule is Cc1nc([C@H]2CCCN2C[C@@H](O)Cn2cccn2)no1. The quantitative estimate of drug-likeness (QED) is 0.869. The maximum atomic E-state index is 10.2. The summed E-state index contributed by atoms with van der Waals surface area (Å²) >= 11 is 0. The number of aryl methyl sites for hydroxylation is 1. The van der Waals surface area contributed by atoms with Crippen LogP contribution in [0.2, 0.25) is 0 Å². The minimum Gasteiger partial charge on any atom is -0.390 e. The molecule has 1 fully saturated rings. The maximum Gasteiger partial charge on any atom is 0.223 e. The van der Waals surface area contributed by atoms with Gasteiger partial charge in [-0.2, -0.15) is 10.1 Å². The summed E-state index contributed by atoms with van der Waals surface area (Å²) in [6, 6.07) is 2.01. The molecule has 0 bridgehead atoms. The lowest BCUT2D eigenvalue weighted by Gasteiger charge is -2.24. The summed E-state index contributed by atoms with van der Waals surface area (Å²) < 4.78 is 6.80. The molecule has 1 aliphatic rings. The summed E-state index contributed by atoms with van der Waals surface area (Å²) in [6.07, 6.45) is 5.21. The zero-order valence-corrected chi connectivity index (χ0v) is 11.5. The molecule has 3 rings (SSSR count). The minimum atomic E-state index is -0.455. The highest BCUT2D eigenvalue weighted by molar-refractivity contribution is 4.97. The standard InChI is InChI=1S/C13H19N5O2/c1-10-15-13(16-20-10)12-4-2-6-17(12)8-11(19)9-18-7-3-5-14-18/h3,5,7,11-12,19H,2,4,6,8-9H2,1H3/t11-,12-/m1/s1. The first-order valence-corrected chi connectivity index (χ1v) is 6.92. The lowest BCUT2D eigenvalue weighted by Crippen LogP contribution is -2.34. The van der Waals surface area contributed by atoms with Crippen LogP contribution in [0.3, 0.4) is 0 Å². The molecule has 0 saturated carbocycles. The lowest BCUT2D eigenvalue weighted by atomic mass is 10.2. The molecule has 2 aromatic rings. The molecule has 7 nitrogen and oxygen atoms in total. The van der Waals surface area contributed by atoms with Gasteiger partial charge >= 0.3 is 0 Å². The minimum absolute atomic E-state index is 0.153. The van der Waals surface area contributed by atoms with Crippen molar-refractivity contribution >= 4 is 0 Å². The molecule has 1 saturated heterocycles. The van der Waals surface area contributed by atoms with Crippen molar-refractivity contribution in [3.63, 3.8) is 0 Å². The highest BCUT2D eigenvalue weighted by Crippen LogP contribution is 2.30. The summed E-state index contributed by atoms with van der Waals surface area (Å²) in [5.41, 5.74) is 0. The second-order valence-electron chi connectivity index (χ2n) is 5.21. The number of likely N-dealkylation sites (tertiary alicyclic amines) is 1. The van der Waals surface area contributed by atoms with E-state index in [1.54, 1.807) is 17.8 Å². The largest absolute Gasteiger partial charge is 0.390 e. The van der Waals surface area contributed by atoms with E-state index in [0.29, 0.717) is 19.0 Å². The van der Waals surface area contributed by atoms with Gasteiger partial charge in [0, 0.05) is 25.9 Å². The number of aliphatic hydroxyl groups excluding tert-OH is 1. The molecule has 20 heavy (non-hydrogen) atoms. The van der Waals surface area contributed by atoms with Crippen LogP contribution in [0.1, 0.15) is 30.6 Å². The van der Waals surface area contributed by atoms with E-state index in [0.717, 1.165) is 25.2 Å². The fraction of sp³-hybridized carbons (Fsp3) is 0.615. The summed E-state index contributed by atoms with van der Waals surface area (Å²) in [6.45, 7) is 3.84. The van der Waals surface area contributed by atoms with Crippen LogP contribution in [0.25, 0.3) is 0 Å². The Balaban J connectivity index is 1.61. The van der Waals surface area contributed by atoms with Crippen molar-refractivity contribution in [2.75, 3.05) is 13.1 Å². The van der Waals surface area contributed by atoms with Crippen molar-refractivity contribution in [2.45, 2.75) is 38.5 Å². The predicted molar refractivity (Wildman–Crippen MR) is 70.8 cm³/mol. The van der Waals surface area contributed by atoms with Gasteiger partial charge in [0.05, 0.1) is 18.7 Å². The molecular weight excluding hydrogens is 258 g/mol. The van der Waals surface area contributed by atoms with Gasteiger partial charge in [-0.05, 0) is 25.5 Å². The first-order chi connectivity index (χ1) is 9.72. The van der Waals surface area contributed by atoms with E-state index >= 15 is 0 Å². The number of hydrogen-bond acceptors (Lipinski definition) is 6. The lowest BCUT2D eigenvalue weighted by molar-refractivity contribution is 0.0869. The molecule has 0 amide bonds. The van der Waals surface area contributed by atoms with Crippen LogP contribution in [0.4, 0.5) is 0 Å². The van der Waals surface area contributed by atoms with E-state index in [1.165, 1.54) is 0 Å². The van der Waals surface area contributed by atoms with Gasteiger partial charge in [0.25, 0.3) is 0 Å². The number of nitrogens with zero attached hydrogens (tertiary/aromatic N) is 5. The van der Waals surface area contributed by atoms with Crippen molar-refractivity contribution in [2.24, 2.45) is 0 Å². The average Bonchev–Trinajstić information content (AvgIpc) is 3.11. The molecule has 2 aromatic heterocycles. The van der Waals surface area contributed by atoms with Crippen LogP contribution in [-0.4, -0.2) is 49.1 Å². The van der Waals surface area contributed by atoms with Crippen LogP contribution < -0.4 is 0 Å². The Morgan fingerprint density at radius 2 is 2.40 bits per heavy atom. The maximum absolute atomic E-state index is 10.2. The van der Waals surface area contributed by atoms with E-state index in [2.05, 4.69) is 20.1 Å². The topological polar surface area (TPSA) is 80.2 Å². The number of aliphatic hydroxyl groups is 1. The van der Waals surface area contributed by atoms with Gasteiger partial charge in [-0.1, -0.05) is 5.16 Å². The summed E-state index contributed by atoms with van der Waals surface area (Å²) in [5.74, 6) is 1.32. The van der Waals surface area contributed by atoms with Crippen molar-refractivity contribution in [1.82, 2.24) is 24.8 Å². The highest BCUT2D eigenvalue weighted by Gasteiger charge is 2.30. The Labute approximate surface area is 117 Å². The third-order valence-electron chi connectivity index (χ3n) is 3.61. The van der Waals surface area contributed by atoms with Gasteiger partial charge in [-0.15, -0.1) is 0 Å². The molecule has 0 aromatic carbocycles. The Morgan fingerprint density at radius 3 is 3.10 bits per heavy atom. The van der Waals surface area contributed by atoms with Crippen LogP contribution in [-0.2, 0) is 6.54 Å². The Bertz CT molecular complexity index is 539. The van der Waals surface area contributed by atoms with Gasteiger partial charge in [-0.25, -0.2) is 0 Å². The second kappa shape index (κ2) is 5.72. The van der Waals surface area contributed by atoms with Gasteiger partial charge < -0.3 is 9.63 Å². The molecule has 0 radical (unpaired) electrons. The van der Waals surface area contributed by atoms with Crippen molar-refractivity contribution in [3.8, 4) is 0 Å². The Morgan fingerprint density at radius 1 is 1.50 bits per heavy atom. The number of aromatic nitrogens is 4. The molecule has 0 unspecified atom stereocenters. The van der Waals surface area contributed by atoms with E-state index in [9.17, 15) is 5.11 Å². The Hall–Kier alpha value is -1.73. The molecule has 2 atom stereocenters. The molecule has 7 heteroatoms. The van der Waals surface area contributed by atoms with E-state index < -0.39 is 6.10 Å². The Kier molecular flexibility index (Phi) is 3.79. The van der Waals surface area contributed by atoms with Gasteiger partial charge in [-0.3, -0.25) is 9.58 Å². The molecule has 1 aliphatic heterocycles. The number of rotatable bonds is 5. The van der Waals surface area contributed by atoms with Crippen molar-refractivity contribution in [1.29, 1.82) is 0 Å². The smallest absolute Gasteiger partial charge is 0.223 e. The average molecular weight is 277 g/mol. The fourth-order valence-corrected chi connectivity index (χ4v) is 2.74. The van der Waals surface area contributed by atoms with Gasteiger partial charge in [0.15, 0.2) is 5.82 Å². The van der Waals surface area contributed by atoms with Gasteiger partial charge in [0.2, 0.25) is 5.89 Å². The zero-order chi connectivity index (χ0) is 13.9. The van der Waals surface area contributed by atoms with E-state index in [1.807, 2.05) is 12.3 Å². The summed E-state index contributed by atoms with van der Waals surface area (Å²) in [4.78, 5) is 6.53. The first-order valence-electron chi connectivity index (χ1n) is 6.92. The molecule has 1 N–H and O–H groups in total. The first kappa shape index (κ1) is 13.3. The van der Waals surface area contributed by atoms with Crippen LogP contribution >= 0.6 is 0 Å². The molecule has 108 valence electrons. The monoisotopic (exact) mass is 277 g/mol. The third-order valence-corrected chi connectivity index (χ3v) is 3.61. The van der Waals surface area contributed by atoms with Gasteiger partial charge in [0.1, 0.15) is 0 Å². The second-order valence-corrected chi connectivity index (χ2v) is 5.21. The van der Waals surface area contributed by atoms with Crippen LogP contribution in [0.5, 0.6) is 0 Å². The van der Waals surface area contributed by atoms with Crippen LogP contribution in [0, 0.1) is 6.92 Å². The van der Waals surface area contributed by atoms with Crippen LogP contribution in [0.15, 0.2) is 23.0 Å². The molecule has 0 aliphatic carbocycles. The highest BCUT2D eigenvalue weighted by atomic mass is 16.5. The van der Waals surface area contributed by atoms with Crippen molar-refractivity contribution in [3.05, 3.63) is 30.2 Å². The summed E-state index contributed by atoms with van der Waals surface area (Å²) in [7, 11) is 0. The summed E-state index contributed by atoms with van der Waals surface area (Å²) in [5, 5.41) is 18.3. The number of β-amino-alcohol motifs (C(OH)–C–C–N with tert-alkyl or cyclic N) is 1. The number of hydrogen-bond donors (Lipinski definition) is 1. The molecule has 0 spiro atoms. The van der Waals surface area contributed by atoms with E-state index in [4.69, 9.17) is 4.52 Å². The third kappa shape index (κ3) is 2.88. The fourth-order valence-electron chi connectivity index (χ4n) is 2.74. The van der Waals surface area contributed by atoms with Crippen molar-refractivity contribution < 1.29 is 9.63 Å². The van der Waals surface area contributed by atoms with E-state index in [-0.39, 0.29) is 6.04 Å². The molecule has 3 heterocycles.